The molecule has 1 fully saturated rings. The third-order valence-electron chi connectivity index (χ3n) is 8.15. The monoisotopic (exact) mass is 619 g/mol. The van der Waals surface area contributed by atoms with Gasteiger partial charge in [0.25, 0.3) is 5.60 Å². The predicted octanol–water partition coefficient (Wildman–Crippen LogP) is 8.76. The second-order valence-corrected chi connectivity index (χ2v) is 12.6. The number of carbonyl (C=O) groups excluding carboxylic acids is 2. The van der Waals surface area contributed by atoms with Gasteiger partial charge in [0.05, 0.1) is 6.04 Å². The van der Waals surface area contributed by atoms with Gasteiger partial charge in [0.15, 0.2) is 0 Å². The van der Waals surface area contributed by atoms with Gasteiger partial charge >= 0.3 is 18.2 Å². The molecule has 0 N–H and O–H groups in total. The first-order valence-electron chi connectivity index (χ1n) is 15.8. The van der Waals surface area contributed by atoms with Crippen molar-refractivity contribution in [3.63, 3.8) is 0 Å². The summed E-state index contributed by atoms with van der Waals surface area (Å²) < 4.78 is 60.7. The average molecular weight is 620 g/mol. The van der Waals surface area contributed by atoms with Gasteiger partial charge in [0.1, 0.15) is 11.7 Å². The van der Waals surface area contributed by atoms with Crippen molar-refractivity contribution in [3.8, 4) is 0 Å². The van der Waals surface area contributed by atoms with Crippen molar-refractivity contribution in [1.29, 1.82) is 0 Å². The molecule has 1 amide bonds. The molecule has 0 aliphatic carbocycles. The number of esters is 1. The molecule has 1 aliphatic heterocycles. The zero-order valence-electron chi connectivity index (χ0n) is 26.7. The molecule has 244 valence electrons. The molecule has 0 bridgehead atoms. The van der Waals surface area contributed by atoms with Crippen molar-refractivity contribution in [2.24, 2.45) is 0 Å². The van der Waals surface area contributed by atoms with E-state index >= 15 is 0 Å². The molecule has 1 heterocycles. The van der Waals surface area contributed by atoms with Gasteiger partial charge in [0.2, 0.25) is 0 Å². The lowest BCUT2D eigenvalue weighted by Crippen LogP contribution is -2.54. The van der Waals surface area contributed by atoms with Crippen LogP contribution in [-0.4, -0.2) is 54.0 Å². The Morgan fingerprint density at radius 3 is 1.98 bits per heavy atom. The Morgan fingerprint density at radius 1 is 0.864 bits per heavy atom. The smallest absolute Gasteiger partial charge is 0.432 e. The highest BCUT2D eigenvalue weighted by atomic mass is 19.4. The molecule has 6 nitrogen and oxygen atoms in total. The summed E-state index contributed by atoms with van der Waals surface area (Å²) in [5.74, 6) is -1.55. The van der Waals surface area contributed by atoms with Crippen molar-refractivity contribution in [2.75, 3.05) is 7.11 Å². The number of unbranched alkanes of at least 4 members (excludes halogenated alkanes) is 6. The Labute approximate surface area is 260 Å². The number of alkyl halides is 3. The molecule has 0 saturated carbocycles. The molecule has 1 unspecified atom stereocenters. The normalized spacial score (nSPS) is 20.3. The van der Waals surface area contributed by atoms with Gasteiger partial charge in [-0.2, -0.15) is 13.2 Å². The number of ether oxygens (including phenoxy) is 3. The van der Waals surface area contributed by atoms with Crippen LogP contribution in [0.15, 0.2) is 60.7 Å². The SMILES string of the molecule is CCCCCCCCC[C@@H]1C[C@H](OC(=O)C(OC)(c2ccccc2)C(F)(F)F)[C@H](Cc2ccccc2)N1C(=O)OC(C)(C)C. The minimum absolute atomic E-state index is 0.199. The van der Waals surface area contributed by atoms with Crippen molar-refractivity contribution in [1.82, 2.24) is 4.90 Å². The van der Waals surface area contributed by atoms with E-state index in [1.807, 2.05) is 30.3 Å². The highest BCUT2D eigenvalue weighted by Gasteiger charge is 2.65. The second-order valence-electron chi connectivity index (χ2n) is 12.6. The van der Waals surface area contributed by atoms with Gasteiger partial charge in [-0.3, -0.25) is 4.90 Å². The summed E-state index contributed by atoms with van der Waals surface area (Å²) in [6.45, 7) is 7.48. The van der Waals surface area contributed by atoms with E-state index in [1.165, 1.54) is 43.5 Å². The number of carbonyl (C=O) groups is 2. The zero-order chi connectivity index (χ0) is 32.4. The second kappa shape index (κ2) is 15.8. The fourth-order valence-electron chi connectivity index (χ4n) is 6.00. The molecule has 0 spiro atoms. The molecule has 4 atom stereocenters. The van der Waals surface area contributed by atoms with Crippen LogP contribution in [0.3, 0.4) is 0 Å². The molecular weight excluding hydrogens is 571 g/mol. The number of rotatable bonds is 14. The minimum atomic E-state index is -5.10. The Bertz CT molecular complexity index is 1170. The predicted molar refractivity (Wildman–Crippen MR) is 164 cm³/mol. The molecule has 2 aromatic rings. The number of likely N-dealkylation sites (tertiary alicyclic amines) is 1. The average Bonchev–Trinajstić information content (AvgIpc) is 3.29. The molecule has 2 aromatic carbocycles. The minimum Gasteiger partial charge on any atom is -0.457 e. The maximum atomic E-state index is 14.7. The Morgan fingerprint density at radius 2 is 1.43 bits per heavy atom. The maximum Gasteiger partial charge on any atom is 0.432 e. The third-order valence-corrected chi connectivity index (χ3v) is 8.15. The van der Waals surface area contributed by atoms with Crippen LogP contribution in [0.25, 0.3) is 0 Å². The van der Waals surface area contributed by atoms with Gasteiger partial charge in [-0.15, -0.1) is 0 Å². The summed E-state index contributed by atoms with van der Waals surface area (Å²) >= 11 is 0. The molecule has 0 aromatic heterocycles. The maximum absolute atomic E-state index is 14.7. The van der Waals surface area contributed by atoms with Crippen LogP contribution in [0.4, 0.5) is 18.0 Å². The number of methoxy groups -OCH3 is 1. The molecule has 1 aliphatic rings. The van der Waals surface area contributed by atoms with E-state index in [2.05, 4.69) is 6.92 Å². The van der Waals surface area contributed by atoms with Gasteiger partial charge in [0, 0.05) is 25.1 Å². The third kappa shape index (κ3) is 8.99. The lowest BCUT2D eigenvalue weighted by Gasteiger charge is -2.35. The highest BCUT2D eigenvalue weighted by Crippen LogP contribution is 2.44. The van der Waals surface area contributed by atoms with E-state index in [0.717, 1.165) is 38.4 Å². The van der Waals surface area contributed by atoms with Crippen LogP contribution in [0.5, 0.6) is 0 Å². The van der Waals surface area contributed by atoms with E-state index in [9.17, 15) is 22.8 Å². The van der Waals surface area contributed by atoms with Crippen LogP contribution in [0.2, 0.25) is 0 Å². The van der Waals surface area contributed by atoms with E-state index in [0.29, 0.717) is 6.42 Å². The fraction of sp³-hybridized carbons (Fsp3) is 0.600. The van der Waals surface area contributed by atoms with Crippen LogP contribution < -0.4 is 0 Å². The van der Waals surface area contributed by atoms with Gasteiger partial charge in [-0.1, -0.05) is 113 Å². The Kier molecular flexibility index (Phi) is 12.7. The van der Waals surface area contributed by atoms with Crippen LogP contribution in [0, 0.1) is 0 Å². The lowest BCUT2D eigenvalue weighted by molar-refractivity contribution is -0.278. The summed E-state index contributed by atoms with van der Waals surface area (Å²) in [6.07, 6.45) is 2.00. The first-order valence-corrected chi connectivity index (χ1v) is 15.8. The summed E-state index contributed by atoms with van der Waals surface area (Å²) in [7, 11) is 0.855. The fourth-order valence-corrected chi connectivity index (χ4v) is 6.00. The quantitative estimate of drug-likeness (QED) is 0.156. The van der Waals surface area contributed by atoms with E-state index in [-0.39, 0.29) is 24.4 Å². The first kappa shape index (κ1) is 35.4. The van der Waals surface area contributed by atoms with Crippen LogP contribution in [-0.2, 0) is 31.0 Å². The lowest BCUT2D eigenvalue weighted by atomic mass is 9.92. The van der Waals surface area contributed by atoms with Gasteiger partial charge < -0.3 is 14.2 Å². The Balaban J connectivity index is 1.95. The molecule has 1 saturated heterocycles. The van der Waals surface area contributed by atoms with Gasteiger partial charge in [-0.25, -0.2) is 9.59 Å². The zero-order valence-corrected chi connectivity index (χ0v) is 26.7. The highest BCUT2D eigenvalue weighted by molar-refractivity contribution is 5.83. The van der Waals surface area contributed by atoms with Crippen molar-refractivity contribution >= 4 is 12.1 Å². The van der Waals surface area contributed by atoms with E-state index in [4.69, 9.17) is 14.2 Å². The van der Waals surface area contributed by atoms with Crippen LogP contribution in [0.1, 0.15) is 96.6 Å². The molecule has 3 rings (SSSR count). The summed E-state index contributed by atoms with van der Waals surface area (Å²) in [6, 6.07) is 15.0. The largest absolute Gasteiger partial charge is 0.457 e. The van der Waals surface area contributed by atoms with E-state index < -0.39 is 41.6 Å². The topological polar surface area (TPSA) is 65.1 Å². The van der Waals surface area contributed by atoms with Gasteiger partial charge in [-0.05, 0) is 39.2 Å². The number of nitrogens with zero attached hydrogens (tertiary/aromatic N) is 1. The molecule has 9 heteroatoms. The number of halogens is 3. The number of hydrogen-bond acceptors (Lipinski definition) is 5. The van der Waals surface area contributed by atoms with E-state index in [1.54, 1.807) is 31.7 Å². The summed E-state index contributed by atoms with van der Waals surface area (Å²) in [5.41, 5.74) is -3.62. The number of benzene rings is 2. The van der Waals surface area contributed by atoms with Crippen LogP contribution >= 0.6 is 0 Å². The number of amides is 1. The van der Waals surface area contributed by atoms with Crippen molar-refractivity contribution in [2.45, 2.75) is 127 Å². The van der Waals surface area contributed by atoms with Crippen molar-refractivity contribution < 1.29 is 37.0 Å². The number of hydrogen-bond donors (Lipinski definition) is 0. The summed E-state index contributed by atoms with van der Waals surface area (Å²) in [4.78, 5) is 29.0. The standard InChI is InChI=1S/C35H48F3NO5/c1-6-7-8-9-10-11-18-23-28-25-30(43-31(40)34(42-5,35(36,37)38)27-21-16-13-17-22-27)29(24-26-19-14-12-15-20-26)39(28)32(41)44-33(2,3)4/h12-17,19-22,28-30H,6-11,18,23-25H2,1-5H3/t28-,29+,30+,34?/m1/s1. The molecule has 0 radical (unpaired) electrons. The van der Waals surface area contributed by atoms with Crippen molar-refractivity contribution in [3.05, 3.63) is 71.8 Å². The first-order chi connectivity index (χ1) is 20.8. The molecule has 44 heavy (non-hydrogen) atoms. The Hall–Kier alpha value is -3.07. The summed E-state index contributed by atoms with van der Waals surface area (Å²) in [5, 5.41) is 0. The molecular formula is C35H48F3NO5.